The van der Waals surface area contributed by atoms with Crippen molar-refractivity contribution in [1.82, 2.24) is 4.90 Å². The molecule has 0 aliphatic carbocycles. The molecule has 0 radical (unpaired) electrons. The minimum Gasteiger partial charge on any atom is -0.387 e. The molecular weight excluding hydrogens is 270 g/mol. The van der Waals surface area contributed by atoms with Crippen LogP contribution in [0.25, 0.3) is 0 Å². The lowest BCUT2D eigenvalue weighted by atomic mass is 10.0. The van der Waals surface area contributed by atoms with Crippen molar-refractivity contribution in [2.75, 3.05) is 7.05 Å². The molecule has 0 aromatic heterocycles. The molecule has 0 aliphatic heterocycles. The van der Waals surface area contributed by atoms with Crippen LogP contribution in [0.2, 0.25) is 5.02 Å². The van der Waals surface area contributed by atoms with E-state index in [1.165, 1.54) is 5.56 Å². The van der Waals surface area contributed by atoms with E-state index in [0.717, 1.165) is 17.1 Å². The van der Waals surface area contributed by atoms with Crippen molar-refractivity contribution < 1.29 is 5.11 Å². The third-order valence-electron chi connectivity index (χ3n) is 3.64. The molecule has 20 heavy (non-hydrogen) atoms. The Morgan fingerprint density at radius 1 is 1.05 bits per heavy atom. The number of nitrogens with zero attached hydrogens (tertiary/aromatic N) is 1. The first kappa shape index (κ1) is 15.0. The molecule has 0 fully saturated rings. The predicted octanol–water partition coefficient (Wildman–Crippen LogP) is 3.89. The first-order valence-corrected chi connectivity index (χ1v) is 7.13. The highest BCUT2D eigenvalue weighted by Gasteiger charge is 2.20. The third-order valence-corrected chi connectivity index (χ3v) is 3.89. The van der Waals surface area contributed by atoms with Crippen LogP contribution in [-0.4, -0.2) is 23.1 Å². The molecule has 2 unspecified atom stereocenters. The Kier molecular flexibility index (Phi) is 5.18. The van der Waals surface area contributed by atoms with Gasteiger partial charge in [-0.3, -0.25) is 4.90 Å². The zero-order valence-corrected chi connectivity index (χ0v) is 12.6. The quantitative estimate of drug-likeness (QED) is 0.902. The SMILES string of the molecule is CC(C(O)c1ccccc1)N(C)Cc1ccc(Cl)cc1. The van der Waals surface area contributed by atoms with E-state index in [1.807, 2.05) is 68.6 Å². The van der Waals surface area contributed by atoms with Gasteiger partial charge in [0.25, 0.3) is 0 Å². The van der Waals surface area contributed by atoms with Crippen LogP contribution >= 0.6 is 11.6 Å². The second-order valence-electron chi connectivity index (χ2n) is 5.14. The summed E-state index contributed by atoms with van der Waals surface area (Å²) in [5.74, 6) is 0. The van der Waals surface area contributed by atoms with E-state index >= 15 is 0 Å². The van der Waals surface area contributed by atoms with E-state index in [2.05, 4.69) is 4.90 Å². The predicted molar refractivity (Wildman–Crippen MR) is 83.8 cm³/mol. The minimum atomic E-state index is -0.492. The molecule has 3 heteroatoms. The molecule has 0 aliphatic rings. The number of aliphatic hydroxyl groups is 1. The normalized spacial score (nSPS) is 14.2. The van der Waals surface area contributed by atoms with Crippen LogP contribution in [0.3, 0.4) is 0 Å². The lowest BCUT2D eigenvalue weighted by Crippen LogP contribution is -2.33. The standard InChI is InChI=1S/C17H20ClNO/c1-13(17(20)15-6-4-3-5-7-15)19(2)12-14-8-10-16(18)11-9-14/h3-11,13,17,20H,12H2,1-2H3. The Balaban J connectivity index is 2.01. The average Bonchev–Trinajstić information content (AvgIpc) is 2.49. The summed E-state index contributed by atoms with van der Waals surface area (Å²) in [4.78, 5) is 2.14. The fourth-order valence-electron chi connectivity index (χ4n) is 2.19. The summed E-state index contributed by atoms with van der Waals surface area (Å²) in [7, 11) is 2.02. The fourth-order valence-corrected chi connectivity index (χ4v) is 2.32. The van der Waals surface area contributed by atoms with Gasteiger partial charge in [-0.15, -0.1) is 0 Å². The molecule has 0 heterocycles. The van der Waals surface area contributed by atoms with Gasteiger partial charge in [0.1, 0.15) is 0 Å². The molecule has 2 aromatic carbocycles. The highest BCUT2D eigenvalue weighted by Crippen LogP contribution is 2.21. The maximum absolute atomic E-state index is 10.4. The second-order valence-corrected chi connectivity index (χ2v) is 5.57. The topological polar surface area (TPSA) is 23.5 Å². The summed E-state index contributed by atoms with van der Waals surface area (Å²) >= 11 is 5.89. The minimum absolute atomic E-state index is 0.0353. The van der Waals surface area contributed by atoms with Gasteiger partial charge < -0.3 is 5.11 Å². The third kappa shape index (κ3) is 3.83. The van der Waals surface area contributed by atoms with Gasteiger partial charge in [-0.25, -0.2) is 0 Å². The van der Waals surface area contributed by atoms with Crippen LogP contribution in [-0.2, 0) is 6.54 Å². The van der Waals surface area contributed by atoms with Gasteiger partial charge in [-0.1, -0.05) is 54.1 Å². The molecule has 0 spiro atoms. The van der Waals surface area contributed by atoms with Crippen molar-refractivity contribution in [3.05, 3.63) is 70.7 Å². The van der Waals surface area contributed by atoms with Gasteiger partial charge in [0.2, 0.25) is 0 Å². The molecule has 0 saturated carbocycles. The number of likely N-dealkylation sites (N-methyl/N-ethyl adjacent to an activating group) is 1. The maximum Gasteiger partial charge on any atom is 0.0942 e. The lowest BCUT2D eigenvalue weighted by molar-refractivity contribution is 0.0688. The summed E-state index contributed by atoms with van der Waals surface area (Å²) in [6.45, 7) is 2.82. The van der Waals surface area contributed by atoms with Gasteiger partial charge in [-0.2, -0.15) is 0 Å². The zero-order valence-electron chi connectivity index (χ0n) is 11.8. The lowest BCUT2D eigenvalue weighted by Gasteiger charge is -2.29. The zero-order chi connectivity index (χ0) is 14.5. The van der Waals surface area contributed by atoms with Crippen molar-refractivity contribution >= 4 is 11.6 Å². The number of hydrogen-bond donors (Lipinski definition) is 1. The van der Waals surface area contributed by atoms with Crippen LogP contribution in [0.1, 0.15) is 24.2 Å². The van der Waals surface area contributed by atoms with E-state index in [4.69, 9.17) is 11.6 Å². The fraction of sp³-hybridized carbons (Fsp3) is 0.294. The number of halogens is 1. The van der Waals surface area contributed by atoms with Crippen LogP contribution in [0.4, 0.5) is 0 Å². The van der Waals surface area contributed by atoms with Gasteiger partial charge in [0.05, 0.1) is 6.10 Å². The molecule has 2 rings (SSSR count). The van der Waals surface area contributed by atoms with Gasteiger partial charge >= 0.3 is 0 Å². The first-order chi connectivity index (χ1) is 9.58. The average molecular weight is 290 g/mol. The molecule has 2 nitrogen and oxygen atoms in total. The largest absolute Gasteiger partial charge is 0.387 e. The van der Waals surface area contributed by atoms with E-state index in [0.29, 0.717) is 0 Å². The Bertz CT molecular complexity index is 526. The highest BCUT2D eigenvalue weighted by molar-refractivity contribution is 6.30. The van der Waals surface area contributed by atoms with Crippen LogP contribution < -0.4 is 0 Å². The van der Waals surface area contributed by atoms with E-state index in [-0.39, 0.29) is 6.04 Å². The van der Waals surface area contributed by atoms with Crippen molar-refractivity contribution in [2.45, 2.75) is 25.6 Å². The van der Waals surface area contributed by atoms with E-state index in [1.54, 1.807) is 0 Å². The van der Waals surface area contributed by atoms with Crippen LogP contribution in [0, 0.1) is 0 Å². The summed E-state index contributed by atoms with van der Waals surface area (Å²) in [5, 5.41) is 11.2. The van der Waals surface area contributed by atoms with Crippen molar-refractivity contribution in [3.63, 3.8) is 0 Å². The molecule has 2 atom stereocenters. The van der Waals surface area contributed by atoms with Crippen molar-refractivity contribution in [1.29, 1.82) is 0 Å². The summed E-state index contributed by atoms with van der Waals surface area (Å²) in [6, 6.07) is 17.6. The van der Waals surface area contributed by atoms with Crippen LogP contribution in [0.15, 0.2) is 54.6 Å². The number of rotatable bonds is 5. The van der Waals surface area contributed by atoms with E-state index in [9.17, 15) is 5.11 Å². The smallest absolute Gasteiger partial charge is 0.0942 e. The molecular formula is C17H20ClNO. The van der Waals surface area contributed by atoms with Crippen molar-refractivity contribution in [2.24, 2.45) is 0 Å². The van der Waals surface area contributed by atoms with Crippen molar-refractivity contribution in [3.8, 4) is 0 Å². The first-order valence-electron chi connectivity index (χ1n) is 6.75. The Hall–Kier alpha value is -1.35. The Morgan fingerprint density at radius 3 is 2.25 bits per heavy atom. The monoisotopic (exact) mass is 289 g/mol. The summed E-state index contributed by atoms with van der Waals surface area (Å²) in [6.07, 6.45) is -0.492. The maximum atomic E-state index is 10.4. The summed E-state index contributed by atoms with van der Waals surface area (Å²) < 4.78 is 0. The molecule has 2 aromatic rings. The highest BCUT2D eigenvalue weighted by atomic mass is 35.5. The summed E-state index contributed by atoms with van der Waals surface area (Å²) in [5.41, 5.74) is 2.13. The molecule has 0 amide bonds. The van der Waals surface area contributed by atoms with Gasteiger partial charge in [0, 0.05) is 17.6 Å². The molecule has 1 N–H and O–H groups in total. The number of aliphatic hydroxyl groups excluding tert-OH is 1. The number of benzene rings is 2. The van der Waals surface area contributed by atoms with E-state index < -0.39 is 6.10 Å². The molecule has 0 saturated heterocycles. The van der Waals surface area contributed by atoms with Crippen LogP contribution in [0.5, 0.6) is 0 Å². The van der Waals surface area contributed by atoms with Gasteiger partial charge in [0.15, 0.2) is 0 Å². The second kappa shape index (κ2) is 6.89. The molecule has 0 bridgehead atoms. The Morgan fingerprint density at radius 2 is 1.65 bits per heavy atom. The van der Waals surface area contributed by atoms with Gasteiger partial charge in [-0.05, 0) is 37.2 Å². The Labute approximate surface area is 125 Å². The number of hydrogen-bond acceptors (Lipinski definition) is 2. The molecule has 106 valence electrons.